The lowest BCUT2D eigenvalue weighted by Crippen LogP contribution is -2.48. The predicted octanol–water partition coefficient (Wildman–Crippen LogP) is 1.62. The average Bonchev–Trinajstić information content (AvgIpc) is 2.47. The lowest BCUT2D eigenvalue weighted by atomic mass is 9.98. The molecule has 0 aromatic heterocycles. The molecule has 0 aliphatic carbocycles. The Hall–Kier alpha value is -1.56. The Morgan fingerprint density at radius 3 is 2.48 bits per heavy atom. The maximum absolute atomic E-state index is 11.9. The summed E-state index contributed by atoms with van der Waals surface area (Å²) in [5.74, 6) is 0.523. The lowest BCUT2D eigenvalue weighted by molar-refractivity contribution is 0.202. The minimum atomic E-state index is -2.94. The van der Waals surface area contributed by atoms with Crippen LogP contribution in [0.1, 0.15) is 24.8 Å². The molecule has 1 aliphatic rings. The van der Waals surface area contributed by atoms with E-state index in [0.717, 1.165) is 6.42 Å². The summed E-state index contributed by atoms with van der Waals surface area (Å²) in [7, 11) is -2.94. The first-order chi connectivity index (χ1) is 9.98. The number of nitrogens with one attached hydrogen (secondary N) is 1. The number of carbonyl (C=O) groups excluding carboxylic acids is 1. The summed E-state index contributed by atoms with van der Waals surface area (Å²) >= 11 is 0. The van der Waals surface area contributed by atoms with Crippen molar-refractivity contribution in [2.24, 2.45) is 0 Å². The van der Waals surface area contributed by atoms with Crippen LogP contribution < -0.4 is 5.32 Å². The van der Waals surface area contributed by atoms with Crippen molar-refractivity contribution in [2.75, 3.05) is 31.1 Å². The second-order valence-electron chi connectivity index (χ2n) is 5.47. The molecule has 5 nitrogen and oxygen atoms in total. The molecule has 2 rings (SSSR count). The van der Waals surface area contributed by atoms with Gasteiger partial charge in [-0.05, 0) is 17.9 Å². The third-order valence-corrected chi connectivity index (χ3v) is 5.46. The number of nitrogens with zero attached hydrogens (tertiary/aromatic N) is 1. The van der Waals surface area contributed by atoms with E-state index in [4.69, 9.17) is 0 Å². The van der Waals surface area contributed by atoms with Crippen molar-refractivity contribution in [3.8, 4) is 0 Å². The van der Waals surface area contributed by atoms with Crippen LogP contribution in [-0.2, 0) is 9.84 Å². The molecule has 0 saturated carbocycles. The Morgan fingerprint density at radius 2 is 1.86 bits per heavy atom. The van der Waals surface area contributed by atoms with Crippen LogP contribution >= 0.6 is 0 Å². The Labute approximate surface area is 126 Å². The molecule has 1 aromatic rings. The molecule has 1 unspecified atom stereocenters. The van der Waals surface area contributed by atoms with Gasteiger partial charge in [-0.3, -0.25) is 0 Å². The number of amides is 2. The van der Waals surface area contributed by atoms with Crippen molar-refractivity contribution >= 4 is 15.9 Å². The van der Waals surface area contributed by atoms with Gasteiger partial charge in [0, 0.05) is 19.6 Å². The Balaban J connectivity index is 1.72. The number of benzene rings is 1. The molecule has 21 heavy (non-hydrogen) atoms. The number of hydrogen-bond acceptors (Lipinski definition) is 3. The van der Waals surface area contributed by atoms with E-state index in [2.05, 4.69) is 24.4 Å². The normalized spacial score (nSPS) is 19.0. The number of urea groups is 1. The van der Waals surface area contributed by atoms with E-state index in [-0.39, 0.29) is 17.5 Å². The first-order valence-electron chi connectivity index (χ1n) is 7.26. The minimum Gasteiger partial charge on any atom is -0.338 e. The molecule has 1 aliphatic heterocycles. The monoisotopic (exact) mass is 310 g/mol. The quantitative estimate of drug-likeness (QED) is 0.919. The number of carbonyl (C=O) groups is 1. The number of sulfone groups is 1. The molecule has 6 heteroatoms. The van der Waals surface area contributed by atoms with Gasteiger partial charge < -0.3 is 10.2 Å². The zero-order chi connectivity index (χ0) is 15.3. The maximum atomic E-state index is 11.9. The highest BCUT2D eigenvalue weighted by atomic mass is 32.2. The molecule has 1 aromatic carbocycles. The fraction of sp³-hybridized carbons (Fsp3) is 0.533. The molecule has 1 atom stereocenters. The third kappa shape index (κ3) is 4.74. The molecule has 1 N–H and O–H groups in total. The highest BCUT2D eigenvalue weighted by Crippen LogP contribution is 2.17. The van der Waals surface area contributed by atoms with Crippen LogP contribution in [-0.4, -0.2) is 50.5 Å². The zero-order valence-electron chi connectivity index (χ0n) is 12.3. The second kappa shape index (κ2) is 6.93. The SMILES string of the molecule is CC(CCNC(=O)N1CCS(=O)(=O)CC1)c1ccccc1. The van der Waals surface area contributed by atoms with Crippen molar-refractivity contribution in [1.82, 2.24) is 10.2 Å². The van der Waals surface area contributed by atoms with E-state index in [1.807, 2.05) is 18.2 Å². The molecular formula is C15H22N2O3S. The molecule has 1 heterocycles. The summed E-state index contributed by atoms with van der Waals surface area (Å²) in [5, 5.41) is 2.87. The lowest BCUT2D eigenvalue weighted by Gasteiger charge is -2.27. The van der Waals surface area contributed by atoms with Crippen molar-refractivity contribution in [3.63, 3.8) is 0 Å². The fourth-order valence-corrected chi connectivity index (χ4v) is 3.57. The molecular weight excluding hydrogens is 288 g/mol. The molecule has 1 fully saturated rings. The summed E-state index contributed by atoms with van der Waals surface area (Å²) in [6.45, 7) is 3.32. The van der Waals surface area contributed by atoms with Gasteiger partial charge >= 0.3 is 6.03 Å². The van der Waals surface area contributed by atoms with Crippen LogP contribution in [0.2, 0.25) is 0 Å². The molecule has 0 radical (unpaired) electrons. The predicted molar refractivity (Wildman–Crippen MR) is 83.1 cm³/mol. The summed E-state index contributed by atoms with van der Waals surface area (Å²) in [6.07, 6.45) is 0.863. The van der Waals surface area contributed by atoms with Gasteiger partial charge in [-0.2, -0.15) is 0 Å². The first-order valence-corrected chi connectivity index (χ1v) is 9.08. The van der Waals surface area contributed by atoms with Crippen LogP contribution in [0.25, 0.3) is 0 Å². The van der Waals surface area contributed by atoms with Crippen LogP contribution in [0.15, 0.2) is 30.3 Å². The van der Waals surface area contributed by atoms with E-state index in [1.54, 1.807) is 4.90 Å². The van der Waals surface area contributed by atoms with Gasteiger partial charge in [0.05, 0.1) is 11.5 Å². The van der Waals surface area contributed by atoms with Gasteiger partial charge in [-0.1, -0.05) is 37.3 Å². The second-order valence-corrected chi connectivity index (χ2v) is 7.77. The number of rotatable bonds is 4. The fourth-order valence-electron chi connectivity index (χ4n) is 2.37. The van der Waals surface area contributed by atoms with Gasteiger partial charge in [0.1, 0.15) is 0 Å². The van der Waals surface area contributed by atoms with Gasteiger partial charge in [0.25, 0.3) is 0 Å². The van der Waals surface area contributed by atoms with E-state index in [1.165, 1.54) is 5.56 Å². The third-order valence-electron chi connectivity index (χ3n) is 3.85. The first kappa shape index (κ1) is 15.8. The summed E-state index contributed by atoms with van der Waals surface area (Å²) in [4.78, 5) is 13.5. The van der Waals surface area contributed by atoms with E-state index >= 15 is 0 Å². The molecule has 0 bridgehead atoms. The van der Waals surface area contributed by atoms with E-state index in [0.29, 0.717) is 25.6 Å². The standard InChI is InChI=1S/C15H22N2O3S/c1-13(14-5-3-2-4-6-14)7-8-16-15(18)17-9-11-21(19,20)12-10-17/h2-6,13H,7-12H2,1H3,(H,16,18). The summed E-state index contributed by atoms with van der Waals surface area (Å²) < 4.78 is 22.6. The molecule has 1 saturated heterocycles. The van der Waals surface area contributed by atoms with Crippen molar-refractivity contribution in [1.29, 1.82) is 0 Å². The molecule has 2 amide bonds. The molecule has 0 spiro atoms. The van der Waals surface area contributed by atoms with Crippen LogP contribution in [0, 0.1) is 0 Å². The zero-order valence-corrected chi connectivity index (χ0v) is 13.1. The topological polar surface area (TPSA) is 66.5 Å². The number of hydrogen-bond donors (Lipinski definition) is 1. The van der Waals surface area contributed by atoms with Crippen LogP contribution in [0.3, 0.4) is 0 Å². The largest absolute Gasteiger partial charge is 0.338 e. The Kier molecular flexibility index (Phi) is 5.22. The molecule has 116 valence electrons. The van der Waals surface area contributed by atoms with E-state index < -0.39 is 9.84 Å². The smallest absolute Gasteiger partial charge is 0.317 e. The Morgan fingerprint density at radius 1 is 1.24 bits per heavy atom. The highest BCUT2D eigenvalue weighted by Gasteiger charge is 2.24. The minimum absolute atomic E-state index is 0.0703. The maximum Gasteiger partial charge on any atom is 0.317 e. The van der Waals surface area contributed by atoms with Crippen LogP contribution in [0.4, 0.5) is 4.79 Å². The van der Waals surface area contributed by atoms with Crippen molar-refractivity contribution < 1.29 is 13.2 Å². The average molecular weight is 310 g/mol. The Bertz CT molecular complexity index is 558. The highest BCUT2D eigenvalue weighted by molar-refractivity contribution is 7.91. The van der Waals surface area contributed by atoms with Crippen LogP contribution in [0.5, 0.6) is 0 Å². The van der Waals surface area contributed by atoms with Crippen molar-refractivity contribution in [3.05, 3.63) is 35.9 Å². The van der Waals surface area contributed by atoms with Gasteiger partial charge in [-0.15, -0.1) is 0 Å². The summed E-state index contributed by atoms with van der Waals surface area (Å²) in [6, 6.07) is 10.0. The van der Waals surface area contributed by atoms with E-state index in [9.17, 15) is 13.2 Å². The van der Waals surface area contributed by atoms with Crippen molar-refractivity contribution in [2.45, 2.75) is 19.3 Å². The van der Waals surface area contributed by atoms with Gasteiger partial charge in [0.15, 0.2) is 9.84 Å². The van der Waals surface area contributed by atoms with Gasteiger partial charge in [-0.25, -0.2) is 13.2 Å². The summed E-state index contributed by atoms with van der Waals surface area (Å²) in [5.41, 5.74) is 1.26. The van der Waals surface area contributed by atoms with Gasteiger partial charge in [0.2, 0.25) is 0 Å².